The zero-order valence-corrected chi connectivity index (χ0v) is 10.0. The van der Waals surface area contributed by atoms with Crippen molar-refractivity contribution in [2.75, 3.05) is 7.11 Å². The minimum atomic E-state index is -0.460. The molecule has 5 nitrogen and oxygen atoms in total. The molecule has 1 aromatic carbocycles. The molecule has 0 aliphatic heterocycles. The van der Waals surface area contributed by atoms with Crippen LogP contribution in [0.1, 0.15) is 25.3 Å². The Morgan fingerprint density at radius 3 is 2.76 bits per heavy atom. The number of nitro benzene ring substituents is 1. The summed E-state index contributed by atoms with van der Waals surface area (Å²) in [7, 11) is 1.41. The van der Waals surface area contributed by atoms with Gasteiger partial charge in [0.1, 0.15) is 0 Å². The molecule has 0 aliphatic rings. The molecule has 1 unspecified atom stereocenters. The molecule has 1 rings (SSSR count). The molecule has 5 heteroatoms. The van der Waals surface area contributed by atoms with Crippen LogP contribution in [0.2, 0.25) is 0 Å². The molecule has 0 radical (unpaired) electrons. The number of aliphatic hydroxyl groups excluding tert-OH is 1. The van der Waals surface area contributed by atoms with Crippen LogP contribution < -0.4 is 4.74 Å². The Labute approximate surface area is 100 Å². The molecular formula is C12H17NO4. The number of nitrogens with zero attached hydrogens (tertiary/aromatic N) is 1. The van der Waals surface area contributed by atoms with Gasteiger partial charge >= 0.3 is 5.69 Å². The average Bonchev–Trinajstić information content (AvgIpc) is 2.35. The van der Waals surface area contributed by atoms with E-state index in [0.29, 0.717) is 19.3 Å². The van der Waals surface area contributed by atoms with Gasteiger partial charge in [0.2, 0.25) is 0 Å². The smallest absolute Gasteiger partial charge is 0.311 e. The van der Waals surface area contributed by atoms with Gasteiger partial charge in [-0.3, -0.25) is 10.1 Å². The first-order chi connectivity index (χ1) is 8.08. The van der Waals surface area contributed by atoms with Gasteiger partial charge in [0.05, 0.1) is 18.1 Å². The van der Waals surface area contributed by atoms with E-state index in [9.17, 15) is 15.2 Å². The van der Waals surface area contributed by atoms with Crippen LogP contribution in [0.4, 0.5) is 5.69 Å². The molecule has 94 valence electrons. The second kappa shape index (κ2) is 6.20. The predicted molar refractivity (Wildman–Crippen MR) is 64.3 cm³/mol. The van der Waals surface area contributed by atoms with Crippen molar-refractivity contribution in [1.29, 1.82) is 0 Å². The second-order valence-electron chi connectivity index (χ2n) is 3.86. The maximum Gasteiger partial charge on any atom is 0.311 e. The summed E-state index contributed by atoms with van der Waals surface area (Å²) in [6.07, 6.45) is 1.58. The van der Waals surface area contributed by atoms with E-state index in [1.54, 1.807) is 12.1 Å². The first kappa shape index (κ1) is 13.4. The monoisotopic (exact) mass is 239 g/mol. The number of benzene rings is 1. The Kier molecular flexibility index (Phi) is 4.90. The van der Waals surface area contributed by atoms with Crippen LogP contribution in [0.15, 0.2) is 18.2 Å². The predicted octanol–water partition coefficient (Wildman–Crippen LogP) is 2.31. The summed E-state index contributed by atoms with van der Waals surface area (Å²) in [5, 5.41) is 20.2. The lowest BCUT2D eigenvalue weighted by Crippen LogP contribution is -2.06. The summed E-state index contributed by atoms with van der Waals surface area (Å²) in [4.78, 5) is 10.3. The van der Waals surface area contributed by atoms with E-state index in [0.717, 1.165) is 5.56 Å². The maximum absolute atomic E-state index is 10.8. The fourth-order valence-electron chi connectivity index (χ4n) is 1.57. The topological polar surface area (TPSA) is 72.6 Å². The minimum absolute atomic E-state index is 0.0315. The van der Waals surface area contributed by atoms with E-state index in [2.05, 4.69) is 0 Å². The van der Waals surface area contributed by atoms with Gasteiger partial charge in [-0.2, -0.15) is 0 Å². The van der Waals surface area contributed by atoms with E-state index in [-0.39, 0.29) is 17.5 Å². The number of methoxy groups -OCH3 is 1. The number of ether oxygens (including phenoxy) is 1. The largest absolute Gasteiger partial charge is 0.490 e. The van der Waals surface area contributed by atoms with Crippen LogP contribution in [-0.2, 0) is 6.42 Å². The average molecular weight is 239 g/mol. The molecule has 0 saturated heterocycles. The molecule has 0 aliphatic carbocycles. The van der Waals surface area contributed by atoms with Crippen LogP contribution >= 0.6 is 0 Å². The van der Waals surface area contributed by atoms with Gasteiger partial charge in [0, 0.05) is 6.07 Å². The summed E-state index contributed by atoms with van der Waals surface area (Å²) in [6, 6.07) is 4.88. The molecule has 17 heavy (non-hydrogen) atoms. The Morgan fingerprint density at radius 2 is 2.24 bits per heavy atom. The van der Waals surface area contributed by atoms with Crippen LogP contribution in [0.3, 0.4) is 0 Å². The first-order valence-electron chi connectivity index (χ1n) is 5.57. The van der Waals surface area contributed by atoms with Gasteiger partial charge in [-0.05, 0) is 30.9 Å². The number of rotatable bonds is 6. The zero-order chi connectivity index (χ0) is 12.8. The SMILES string of the molecule is CCC(O)CCc1ccc(OC)c([N+](=O)[O-])c1. The second-order valence-corrected chi connectivity index (χ2v) is 3.86. The van der Waals surface area contributed by atoms with Crippen molar-refractivity contribution in [2.45, 2.75) is 32.3 Å². The molecule has 0 bridgehead atoms. The molecule has 1 atom stereocenters. The van der Waals surface area contributed by atoms with E-state index in [4.69, 9.17) is 4.74 Å². The molecule has 0 amide bonds. The van der Waals surface area contributed by atoms with Crippen molar-refractivity contribution in [3.63, 3.8) is 0 Å². The molecule has 0 fully saturated rings. The minimum Gasteiger partial charge on any atom is -0.490 e. The van der Waals surface area contributed by atoms with Crippen LogP contribution in [0.25, 0.3) is 0 Å². The number of hydrogen-bond donors (Lipinski definition) is 1. The summed E-state index contributed by atoms with van der Waals surface area (Å²) in [5.41, 5.74) is 0.806. The Bertz CT molecular complexity index is 392. The molecule has 0 heterocycles. The highest BCUT2D eigenvalue weighted by atomic mass is 16.6. The quantitative estimate of drug-likeness (QED) is 0.610. The number of aryl methyl sites for hydroxylation is 1. The van der Waals surface area contributed by atoms with E-state index in [1.807, 2.05) is 6.92 Å². The molecule has 0 aromatic heterocycles. The summed E-state index contributed by atoms with van der Waals surface area (Å²) >= 11 is 0. The summed E-state index contributed by atoms with van der Waals surface area (Å²) in [6.45, 7) is 1.90. The van der Waals surface area contributed by atoms with E-state index < -0.39 is 4.92 Å². The lowest BCUT2D eigenvalue weighted by Gasteiger charge is -2.08. The maximum atomic E-state index is 10.8. The van der Waals surface area contributed by atoms with Crippen LogP contribution in [-0.4, -0.2) is 23.2 Å². The fraction of sp³-hybridized carbons (Fsp3) is 0.500. The first-order valence-corrected chi connectivity index (χ1v) is 5.57. The summed E-state index contributed by atoms with van der Waals surface area (Å²) in [5.74, 6) is 0.259. The number of nitro groups is 1. The van der Waals surface area contributed by atoms with Gasteiger partial charge in [0.15, 0.2) is 5.75 Å². The number of hydrogen-bond acceptors (Lipinski definition) is 4. The lowest BCUT2D eigenvalue weighted by atomic mass is 10.0. The van der Waals surface area contributed by atoms with Crippen molar-refractivity contribution in [3.05, 3.63) is 33.9 Å². The van der Waals surface area contributed by atoms with Crippen molar-refractivity contribution >= 4 is 5.69 Å². The standard InChI is InChI=1S/C12H17NO4/c1-3-10(14)6-4-9-5-7-12(17-2)11(8-9)13(15)16/h5,7-8,10,14H,3-4,6H2,1-2H3. The number of aliphatic hydroxyl groups is 1. The third-order valence-electron chi connectivity index (χ3n) is 2.68. The van der Waals surface area contributed by atoms with Gasteiger partial charge < -0.3 is 9.84 Å². The van der Waals surface area contributed by atoms with Gasteiger partial charge in [-0.25, -0.2) is 0 Å². The Hall–Kier alpha value is -1.62. The van der Waals surface area contributed by atoms with Gasteiger partial charge in [-0.1, -0.05) is 13.0 Å². The summed E-state index contributed by atoms with van der Waals surface area (Å²) < 4.78 is 4.92. The third-order valence-corrected chi connectivity index (χ3v) is 2.68. The third kappa shape index (κ3) is 3.71. The fourth-order valence-corrected chi connectivity index (χ4v) is 1.57. The van der Waals surface area contributed by atoms with Crippen LogP contribution in [0, 0.1) is 10.1 Å². The highest BCUT2D eigenvalue weighted by Crippen LogP contribution is 2.28. The van der Waals surface area contributed by atoms with Crippen molar-refractivity contribution < 1.29 is 14.8 Å². The zero-order valence-electron chi connectivity index (χ0n) is 10.0. The van der Waals surface area contributed by atoms with Gasteiger partial charge in [0.25, 0.3) is 0 Å². The van der Waals surface area contributed by atoms with E-state index in [1.165, 1.54) is 13.2 Å². The Morgan fingerprint density at radius 1 is 1.53 bits per heavy atom. The van der Waals surface area contributed by atoms with Crippen molar-refractivity contribution in [2.24, 2.45) is 0 Å². The highest BCUT2D eigenvalue weighted by Gasteiger charge is 2.15. The van der Waals surface area contributed by atoms with Crippen LogP contribution in [0.5, 0.6) is 5.75 Å². The van der Waals surface area contributed by atoms with Crippen molar-refractivity contribution in [1.82, 2.24) is 0 Å². The lowest BCUT2D eigenvalue weighted by molar-refractivity contribution is -0.385. The molecular weight excluding hydrogens is 222 g/mol. The molecule has 0 saturated carbocycles. The van der Waals surface area contributed by atoms with E-state index >= 15 is 0 Å². The van der Waals surface area contributed by atoms with Crippen molar-refractivity contribution in [3.8, 4) is 5.75 Å². The Balaban J connectivity index is 2.81. The highest BCUT2D eigenvalue weighted by molar-refractivity contribution is 5.48. The normalized spacial score (nSPS) is 12.2. The molecule has 1 N–H and O–H groups in total. The molecule has 1 aromatic rings. The molecule has 0 spiro atoms. The van der Waals surface area contributed by atoms with Gasteiger partial charge in [-0.15, -0.1) is 0 Å².